The van der Waals surface area contributed by atoms with Crippen molar-refractivity contribution in [2.24, 2.45) is 5.92 Å². The van der Waals surface area contributed by atoms with Crippen molar-refractivity contribution in [2.45, 2.75) is 45.6 Å². The van der Waals surface area contributed by atoms with Gasteiger partial charge in [-0.2, -0.15) is 0 Å². The third-order valence-corrected chi connectivity index (χ3v) is 4.71. The van der Waals surface area contributed by atoms with Crippen molar-refractivity contribution < 1.29 is 14.7 Å². The normalized spacial score (nSPS) is 15.3. The summed E-state index contributed by atoms with van der Waals surface area (Å²) in [4.78, 5) is 27.1. The number of hydrogen-bond donors (Lipinski definition) is 1. The Morgan fingerprint density at radius 2 is 2.00 bits per heavy atom. The van der Waals surface area contributed by atoms with Gasteiger partial charge in [-0.05, 0) is 37.0 Å². The lowest BCUT2D eigenvalue weighted by atomic mass is 9.96. The zero-order valence-corrected chi connectivity index (χ0v) is 14.7. The van der Waals surface area contributed by atoms with Crippen LogP contribution in [0.4, 0.5) is 5.69 Å². The number of carboxylic acid groups (broad SMARTS) is 1. The van der Waals surface area contributed by atoms with E-state index in [-0.39, 0.29) is 11.8 Å². The van der Waals surface area contributed by atoms with Crippen LogP contribution in [-0.4, -0.2) is 42.0 Å². The summed E-state index contributed by atoms with van der Waals surface area (Å²) in [5.41, 5.74) is 2.23. The largest absolute Gasteiger partial charge is 0.481 e. The second-order valence-corrected chi connectivity index (χ2v) is 6.62. The quantitative estimate of drug-likeness (QED) is 0.833. The zero-order chi connectivity index (χ0) is 17.5. The summed E-state index contributed by atoms with van der Waals surface area (Å²) in [5, 5.41) is 9.10. The number of anilines is 1. The van der Waals surface area contributed by atoms with Crippen LogP contribution < -0.4 is 4.90 Å². The first-order valence-electron chi connectivity index (χ1n) is 8.82. The average molecular weight is 332 g/mol. The number of carbonyl (C=O) groups is 2. The predicted molar refractivity (Wildman–Crippen MR) is 95.0 cm³/mol. The molecule has 2 rings (SSSR count). The molecule has 1 amide bonds. The highest BCUT2D eigenvalue weighted by atomic mass is 16.4. The maximum absolute atomic E-state index is 12.1. The molecule has 1 aliphatic rings. The van der Waals surface area contributed by atoms with E-state index in [2.05, 4.69) is 24.0 Å². The first-order valence-corrected chi connectivity index (χ1v) is 8.82. The van der Waals surface area contributed by atoms with Gasteiger partial charge < -0.3 is 14.9 Å². The molecule has 1 heterocycles. The van der Waals surface area contributed by atoms with Gasteiger partial charge in [0, 0.05) is 38.8 Å². The van der Waals surface area contributed by atoms with Gasteiger partial charge >= 0.3 is 5.97 Å². The molecule has 0 aromatic heterocycles. The summed E-state index contributed by atoms with van der Waals surface area (Å²) in [6.45, 7) is 4.24. The summed E-state index contributed by atoms with van der Waals surface area (Å²) in [6, 6.07) is 8.23. The highest BCUT2D eigenvalue weighted by Gasteiger charge is 2.24. The lowest BCUT2D eigenvalue weighted by Gasteiger charge is -2.32. The van der Waals surface area contributed by atoms with Crippen LogP contribution in [0.1, 0.15) is 44.6 Å². The Morgan fingerprint density at radius 3 is 2.62 bits per heavy atom. The molecule has 24 heavy (non-hydrogen) atoms. The molecule has 132 valence electrons. The SMILES string of the molecule is CCCCC(=O)N(C)Cc1cccc(N2CCC(C(=O)O)CC2)c1. The van der Waals surface area contributed by atoms with Crippen molar-refractivity contribution >= 4 is 17.6 Å². The van der Waals surface area contributed by atoms with E-state index < -0.39 is 5.97 Å². The molecule has 0 saturated carbocycles. The van der Waals surface area contributed by atoms with Crippen molar-refractivity contribution in [3.8, 4) is 0 Å². The Kier molecular flexibility index (Phi) is 6.64. The fourth-order valence-electron chi connectivity index (χ4n) is 3.12. The molecule has 0 atom stereocenters. The summed E-state index contributed by atoms with van der Waals surface area (Å²) in [7, 11) is 1.85. The molecule has 0 spiro atoms. The van der Waals surface area contributed by atoms with E-state index in [0.717, 1.165) is 37.2 Å². The summed E-state index contributed by atoms with van der Waals surface area (Å²) in [6.07, 6.45) is 3.95. The second kappa shape index (κ2) is 8.71. The Morgan fingerprint density at radius 1 is 1.29 bits per heavy atom. The van der Waals surface area contributed by atoms with E-state index >= 15 is 0 Å². The molecular formula is C19H28N2O3. The van der Waals surface area contributed by atoms with Crippen LogP contribution in [0.3, 0.4) is 0 Å². The minimum atomic E-state index is -0.685. The van der Waals surface area contributed by atoms with Crippen molar-refractivity contribution in [1.29, 1.82) is 0 Å². The fourth-order valence-corrected chi connectivity index (χ4v) is 3.12. The predicted octanol–water partition coefficient (Wildman–Crippen LogP) is 3.14. The van der Waals surface area contributed by atoms with Gasteiger partial charge in [0.15, 0.2) is 0 Å². The van der Waals surface area contributed by atoms with Gasteiger partial charge in [0.25, 0.3) is 0 Å². The van der Waals surface area contributed by atoms with Gasteiger partial charge in [-0.25, -0.2) is 0 Å². The Balaban J connectivity index is 1.94. The third kappa shape index (κ3) is 4.98. The molecule has 0 bridgehead atoms. The van der Waals surface area contributed by atoms with Crippen molar-refractivity contribution in [2.75, 3.05) is 25.0 Å². The van der Waals surface area contributed by atoms with Crippen LogP contribution in [0.15, 0.2) is 24.3 Å². The molecule has 1 aromatic rings. The van der Waals surface area contributed by atoms with Crippen LogP contribution >= 0.6 is 0 Å². The van der Waals surface area contributed by atoms with Gasteiger partial charge in [-0.15, -0.1) is 0 Å². The lowest BCUT2D eigenvalue weighted by molar-refractivity contribution is -0.142. The number of unbranched alkanes of at least 4 members (excludes halogenated alkanes) is 1. The fraction of sp³-hybridized carbons (Fsp3) is 0.579. The van der Waals surface area contributed by atoms with E-state index in [0.29, 0.717) is 25.8 Å². The van der Waals surface area contributed by atoms with Crippen LogP contribution in [-0.2, 0) is 16.1 Å². The zero-order valence-electron chi connectivity index (χ0n) is 14.7. The molecule has 0 radical (unpaired) electrons. The Bertz CT molecular complexity index is 565. The van der Waals surface area contributed by atoms with Crippen LogP contribution in [0.5, 0.6) is 0 Å². The number of piperidine rings is 1. The minimum absolute atomic E-state index is 0.185. The molecule has 1 N–H and O–H groups in total. The molecule has 0 unspecified atom stereocenters. The highest BCUT2D eigenvalue weighted by molar-refractivity contribution is 5.75. The molecular weight excluding hydrogens is 304 g/mol. The molecule has 5 heteroatoms. The standard InChI is InChI=1S/C19H28N2O3/c1-3-4-8-18(22)20(2)14-15-6-5-7-17(13-15)21-11-9-16(10-12-21)19(23)24/h5-7,13,16H,3-4,8-12,14H2,1-2H3,(H,23,24). The van der Waals surface area contributed by atoms with Crippen LogP contribution in [0.2, 0.25) is 0 Å². The molecule has 1 aromatic carbocycles. The van der Waals surface area contributed by atoms with Crippen LogP contribution in [0, 0.1) is 5.92 Å². The van der Waals surface area contributed by atoms with Crippen LogP contribution in [0.25, 0.3) is 0 Å². The average Bonchev–Trinajstić information content (AvgIpc) is 2.59. The van der Waals surface area contributed by atoms with E-state index in [9.17, 15) is 9.59 Å². The second-order valence-electron chi connectivity index (χ2n) is 6.62. The molecule has 0 aliphatic carbocycles. The maximum atomic E-state index is 12.1. The van der Waals surface area contributed by atoms with Gasteiger partial charge in [0.05, 0.1) is 5.92 Å². The van der Waals surface area contributed by atoms with Gasteiger partial charge in [-0.3, -0.25) is 9.59 Å². The lowest BCUT2D eigenvalue weighted by Crippen LogP contribution is -2.36. The first kappa shape index (κ1) is 18.3. The molecule has 5 nitrogen and oxygen atoms in total. The number of rotatable bonds is 7. The number of hydrogen-bond acceptors (Lipinski definition) is 3. The smallest absolute Gasteiger partial charge is 0.306 e. The van der Waals surface area contributed by atoms with E-state index in [1.807, 2.05) is 19.2 Å². The van der Waals surface area contributed by atoms with E-state index in [1.54, 1.807) is 4.90 Å². The number of nitrogens with zero attached hydrogens (tertiary/aromatic N) is 2. The van der Waals surface area contributed by atoms with E-state index in [1.165, 1.54) is 0 Å². The van der Waals surface area contributed by atoms with Crippen molar-refractivity contribution in [3.63, 3.8) is 0 Å². The molecule has 1 fully saturated rings. The molecule has 1 aliphatic heterocycles. The van der Waals surface area contributed by atoms with Crippen molar-refractivity contribution in [1.82, 2.24) is 4.90 Å². The van der Waals surface area contributed by atoms with Gasteiger partial charge in [0.1, 0.15) is 0 Å². The number of carboxylic acids is 1. The number of benzene rings is 1. The van der Waals surface area contributed by atoms with Gasteiger partial charge in [-0.1, -0.05) is 25.5 Å². The van der Waals surface area contributed by atoms with E-state index in [4.69, 9.17) is 5.11 Å². The first-order chi connectivity index (χ1) is 11.5. The third-order valence-electron chi connectivity index (χ3n) is 4.71. The number of aliphatic carboxylic acids is 1. The summed E-state index contributed by atoms with van der Waals surface area (Å²) >= 11 is 0. The molecule has 1 saturated heterocycles. The maximum Gasteiger partial charge on any atom is 0.306 e. The highest BCUT2D eigenvalue weighted by Crippen LogP contribution is 2.24. The van der Waals surface area contributed by atoms with Crippen molar-refractivity contribution in [3.05, 3.63) is 29.8 Å². The van der Waals surface area contributed by atoms with Gasteiger partial charge in [0.2, 0.25) is 5.91 Å². The summed E-state index contributed by atoms with van der Waals surface area (Å²) in [5.74, 6) is -0.716. The Hall–Kier alpha value is -2.04. The number of amides is 1. The Labute approximate surface area is 144 Å². The monoisotopic (exact) mass is 332 g/mol. The summed E-state index contributed by atoms with van der Waals surface area (Å²) < 4.78 is 0. The number of carbonyl (C=O) groups excluding carboxylic acids is 1. The minimum Gasteiger partial charge on any atom is -0.481 e. The topological polar surface area (TPSA) is 60.9 Å².